The van der Waals surface area contributed by atoms with Crippen molar-refractivity contribution in [3.63, 3.8) is 0 Å². The van der Waals surface area contributed by atoms with Crippen molar-refractivity contribution < 1.29 is 113 Å². The standard InChI is InChI=1S/C43H48O24/c1-58-25-7-16(8-26(59-2)32(25)51)3-6-30(49)60-14-28-33(52)35(54)38(57)41(65-28)62-15-29-34(53)36(55)40(67-42-37(56)31(50)23(48)13-61-42)43(66-29)64-27-12-19-21(46)10-18(44)11-24(19)63-39(27)17-4-5-20(45)22(47)9-17/h3-12,23,28-29,31,33-38,40-43,45-48,50-57H,13-15H2,1-2H3/p-1/b6-3+/t23-,28-,29-,31+,33-,34-,35+,36+,37-,38-,40-,41-,42+,43+/m1/s1. The van der Waals surface area contributed by atoms with Crippen molar-refractivity contribution in [1.29, 1.82) is 0 Å². The van der Waals surface area contributed by atoms with Gasteiger partial charge in [0.2, 0.25) is 12.0 Å². The quantitative estimate of drug-likeness (QED) is 0.0454. The number of rotatable bonds is 14. The Morgan fingerprint density at radius 1 is 0.731 bits per heavy atom. The average Bonchev–Trinajstić information content (AvgIpc) is 3.30. The number of benzene rings is 3. The fraction of sp³-hybridized carbons (Fsp3) is 0.442. The molecule has 0 amide bonds. The van der Waals surface area contributed by atoms with E-state index in [1.807, 2.05) is 0 Å². The number of hydrogen-bond acceptors (Lipinski definition) is 24. The van der Waals surface area contributed by atoms with Gasteiger partial charge in [-0.05, 0) is 35.9 Å². The molecule has 0 aromatic heterocycles. The topological polar surface area (TPSA) is 376 Å². The molecule has 2 aromatic carbocycles. The van der Waals surface area contributed by atoms with Gasteiger partial charge in [0.05, 0.1) is 33.0 Å². The van der Waals surface area contributed by atoms with E-state index in [0.717, 1.165) is 30.3 Å². The molecule has 364 valence electrons. The minimum atomic E-state index is -2.05. The molecule has 24 nitrogen and oxygen atoms in total. The molecule has 4 aliphatic heterocycles. The smallest absolute Gasteiger partial charge is 0.330 e. The van der Waals surface area contributed by atoms with Crippen LogP contribution in [0.4, 0.5) is 0 Å². The third kappa shape index (κ3) is 10.5. The Bertz CT molecular complexity index is 2400. The van der Waals surface area contributed by atoms with E-state index >= 15 is 0 Å². The van der Waals surface area contributed by atoms with Crippen molar-refractivity contribution in [3.05, 3.63) is 70.4 Å². The van der Waals surface area contributed by atoms with Gasteiger partial charge in [0, 0.05) is 23.8 Å². The maximum absolute atomic E-state index is 12.7. The molecule has 3 fully saturated rings. The minimum Gasteiger partial charge on any atom is -0.870 e. The summed E-state index contributed by atoms with van der Waals surface area (Å²) >= 11 is 0. The summed E-state index contributed by atoms with van der Waals surface area (Å²) in [5.41, 5.74) is -0.399. The summed E-state index contributed by atoms with van der Waals surface area (Å²) < 4.78 is 56.1. The lowest BCUT2D eigenvalue weighted by Crippen LogP contribution is -2.64. The Kier molecular flexibility index (Phi) is 15.1. The zero-order valence-corrected chi connectivity index (χ0v) is 35.2. The van der Waals surface area contributed by atoms with Crippen LogP contribution in [-0.2, 0) is 33.2 Å². The molecule has 7 rings (SSSR count). The van der Waals surface area contributed by atoms with Crippen LogP contribution in [0, 0.1) is 0 Å². The van der Waals surface area contributed by atoms with Crippen molar-refractivity contribution in [2.24, 2.45) is 0 Å². The summed E-state index contributed by atoms with van der Waals surface area (Å²) in [4.78, 5) is 25.0. The van der Waals surface area contributed by atoms with E-state index in [2.05, 4.69) is 0 Å². The lowest BCUT2D eigenvalue weighted by Gasteiger charge is -2.45. The van der Waals surface area contributed by atoms with Crippen LogP contribution >= 0.6 is 0 Å². The average molecular weight is 948 g/mol. The van der Waals surface area contributed by atoms with Crippen molar-refractivity contribution in [1.82, 2.24) is 0 Å². The van der Waals surface area contributed by atoms with E-state index in [4.69, 9.17) is 47.0 Å². The maximum Gasteiger partial charge on any atom is 0.330 e. The molecule has 5 aliphatic rings. The maximum atomic E-state index is 12.7. The molecule has 67 heavy (non-hydrogen) atoms. The molecule has 0 saturated carbocycles. The van der Waals surface area contributed by atoms with E-state index in [1.54, 1.807) is 0 Å². The molecule has 2 aromatic rings. The summed E-state index contributed by atoms with van der Waals surface area (Å²) in [6.45, 7) is -2.02. The molecule has 0 radical (unpaired) electrons. The number of aliphatic hydroxyl groups is 8. The van der Waals surface area contributed by atoms with E-state index in [1.165, 1.54) is 44.6 Å². The van der Waals surface area contributed by atoms with Crippen LogP contribution < -0.4 is 24.7 Å². The van der Waals surface area contributed by atoms with Gasteiger partial charge in [-0.3, -0.25) is 4.79 Å². The SMILES string of the molecule is COc1cc(/C=C/C(=O)OC[C@H]2O[C@@H](OC[C@H]3O[C@H](Oc4cc5c(O)cc(=O)cc-5oc4-c4ccc([O-])c(O)c4)[C@H](O[C@@H]4OC[C@@H](O)[C@H](O)[C@H]4O)[C@@H](O)[C@@H]3O)[C@H](O)[C@@H](O)[C@@H]2O)cc(OC)c1O. The van der Waals surface area contributed by atoms with Crippen LogP contribution in [0.2, 0.25) is 0 Å². The van der Waals surface area contributed by atoms with Gasteiger partial charge in [-0.2, -0.15) is 0 Å². The fourth-order valence-corrected chi connectivity index (χ4v) is 7.35. The first kappa shape index (κ1) is 49.1. The highest BCUT2D eigenvalue weighted by Gasteiger charge is 2.52. The molecule has 0 bridgehead atoms. The molecule has 14 atom stereocenters. The van der Waals surface area contributed by atoms with Gasteiger partial charge in [-0.15, -0.1) is 0 Å². The van der Waals surface area contributed by atoms with Crippen LogP contribution in [0.15, 0.2) is 63.8 Å². The number of hydrogen-bond donors (Lipinski definition) is 11. The Balaban J connectivity index is 1.12. The summed E-state index contributed by atoms with van der Waals surface area (Å²) in [7, 11) is 2.63. The second-order valence-corrected chi connectivity index (χ2v) is 15.6. The van der Waals surface area contributed by atoms with Gasteiger partial charge >= 0.3 is 5.97 Å². The number of phenolic OH excluding ortho intramolecular Hbond substituents is 3. The number of carbonyl (C=O) groups is 1. The largest absolute Gasteiger partial charge is 0.870 e. The number of aromatic hydroxyl groups is 3. The van der Waals surface area contributed by atoms with Gasteiger partial charge in [0.1, 0.15) is 84.9 Å². The number of carbonyl (C=O) groups excluding carboxylic acids is 1. The van der Waals surface area contributed by atoms with Gasteiger partial charge in [-0.1, -0.05) is 17.9 Å². The molecule has 1 aliphatic carbocycles. The zero-order valence-electron chi connectivity index (χ0n) is 35.2. The Morgan fingerprint density at radius 3 is 2.07 bits per heavy atom. The molecule has 3 saturated heterocycles. The molecular weight excluding hydrogens is 900 g/mol. The Labute approximate surface area is 378 Å². The van der Waals surface area contributed by atoms with Crippen LogP contribution in [0.25, 0.3) is 28.7 Å². The lowest BCUT2D eigenvalue weighted by molar-refractivity contribution is -0.353. The van der Waals surface area contributed by atoms with Gasteiger partial charge in [0.15, 0.2) is 47.1 Å². The van der Waals surface area contributed by atoms with Crippen molar-refractivity contribution in [3.8, 4) is 62.9 Å². The molecular formula is C43H47O24-. The van der Waals surface area contributed by atoms with Crippen LogP contribution in [0.1, 0.15) is 5.56 Å². The molecule has 24 heteroatoms. The van der Waals surface area contributed by atoms with Gasteiger partial charge < -0.3 is 108 Å². The Hall–Kier alpha value is -5.84. The first-order chi connectivity index (χ1) is 31.9. The third-order valence-corrected chi connectivity index (χ3v) is 11.1. The number of ether oxygens (including phenoxy) is 9. The van der Waals surface area contributed by atoms with Crippen molar-refractivity contribution in [2.75, 3.05) is 34.0 Å². The number of fused-ring (bicyclic) bond motifs is 1. The van der Waals surface area contributed by atoms with Crippen LogP contribution in [-0.4, -0.2) is 182 Å². The van der Waals surface area contributed by atoms with Crippen LogP contribution in [0.3, 0.4) is 0 Å². The summed E-state index contributed by atoms with van der Waals surface area (Å²) in [6, 6.07) is 9.11. The van der Waals surface area contributed by atoms with Crippen molar-refractivity contribution in [2.45, 2.75) is 86.0 Å². The van der Waals surface area contributed by atoms with E-state index in [0.29, 0.717) is 5.56 Å². The lowest BCUT2D eigenvalue weighted by atomic mass is 9.97. The third-order valence-electron chi connectivity index (χ3n) is 11.1. The number of esters is 1. The van der Waals surface area contributed by atoms with Crippen molar-refractivity contribution >= 4 is 12.0 Å². The van der Waals surface area contributed by atoms with E-state index < -0.39 is 134 Å². The molecule has 0 spiro atoms. The Morgan fingerprint density at radius 2 is 1.39 bits per heavy atom. The van der Waals surface area contributed by atoms with E-state index in [-0.39, 0.29) is 45.6 Å². The summed E-state index contributed by atoms with van der Waals surface area (Å²) in [5, 5.41) is 129. The second-order valence-electron chi connectivity index (χ2n) is 15.6. The zero-order chi connectivity index (χ0) is 48.4. The predicted molar refractivity (Wildman–Crippen MR) is 218 cm³/mol. The highest BCUT2D eigenvalue weighted by molar-refractivity contribution is 5.87. The molecule has 11 N–H and O–H groups in total. The first-order valence-corrected chi connectivity index (χ1v) is 20.3. The van der Waals surface area contributed by atoms with Crippen LogP contribution in [0.5, 0.6) is 40.2 Å². The highest BCUT2D eigenvalue weighted by atomic mass is 16.8. The van der Waals surface area contributed by atoms with E-state index in [9.17, 15) is 70.9 Å². The number of aliphatic hydroxyl groups excluding tert-OH is 8. The summed E-state index contributed by atoms with van der Waals surface area (Å²) in [6.07, 6.45) is -23.3. The number of phenols is 3. The monoisotopic (exact) mass is 947 g/mol. The minimum absolute atomic E-state index is 0.0132. The predicted octanol–water partition coefficient (Wildman–Crippen LogP) is -2.65. The highest BCUT2D eigenvalue weighted by Crippen LogP contribution is 2.43. The van der Waals surface area contributed by atoms with Gasteiger partial charge in [-0.25, -0.2) is 4.79 Å². The second kappa shape index (κ2) is 20.6. The number of methoxy groups -OCH3 is 2. The molecule has 4 heterocycles. The first-order valence-electron chi connectivity index (χ1n) is 20.3. The summed E-state index contributed by atoms with van der Waals surface area (Å²) in [5.74, 6) is -3.98. The normalized spacial score (nSPS) is 31.1. The molecule has 0 unspecified atom stereocenters. The van der Waals surface area contributed by atoms with Gasteiger partial charge in [0.25, 0.3) is 0 Å². The fourth-order valence-electron chi connectivity index (χ4n) is 7.35.